The number of halogens is 3. The second kappa shape index (κ2) is 10.5. The summed E-state index contributed by atoms with van der Waals surface area (Å²) >= 11 is 0. The molecule has 1 saturated carbocycles. The minimum Gasteiger partial charge on any atom is -0.459 e. The van der Waals surface area contributed by atoms with Gasteiger partial charge in [-0.25, -0.2) is 0 Å². The van der Waals surface area contributed by atoms with E-state index in [2.05, 4.69) is 13.8 Å². The van der Waals surface area contributed by atoms with Crippen molar-refractivity contribution in [3.63, 3.8) is 0 Å². The van der Waals surface area contributed by atoms with Crippen molar-refractivity contribution >= 4 is 5.97 Å². The van der Waals surface area contributed by atoms with Crippen LogP contribution in [0.25, 0.3) is 0 Å². The van der Waals surface area contributed by atoms with E-state index in [1.54, 1.807) is 0 Å². The molecule has 0 N–H and O–H groups in total. The Balaban J connectivity index is 0.000000502. The summed E-state index contributed by atoms with van der Waals surface area (Å²) < 4.78 is 48.5. The lowest BCUT2D eigenvalue weighted by atomic mass is 9.86. The van der Waals surface area contributed by atoms with Crippen molar-refractivity contribution < 1.29 is 27.4 Å². The maximum atomic E-state index is 12.6. The zero-order valence-electron chi connectivity index (χ0n) is 17.5. The molecule has 26 heavy (non-hydrogen) atoms. The molecule has 0 heterocycles. The van der Waals surface area contributed by atoms with E-state index in [9.17, 15) is 18.0 Å². The van der Waals surface area contributed by atoms with Crippen molar-refractivity contribution in [3.05, 3.63) is 0 Å². The van der Waals surface area contributed by atoms with Gasteiger partial charge in [0.2, 0.25) is 0 Å². The Labute approximate surface area is 157 Å². The lowest BCUT2D eigenvalue weighted by Crippen LogP contribution is -2.45. The van der Waals surface area contributed by atoms with E-state index >= 15 is 0 Å². The van der Waals surface area contributed by atoms with Gasteiger partial charge in [-0.2, -0.15) is 13.2 Å². The van der Waals surface area contributed by atoms with Crippen molar-refractivity contribution in [3.8, 4) is 0 Å². The summed E-state index contributed by atoms with van der Waals surface area (Å²) in [4.78, 5) is 11.4. The molecule has 1 aliphatic rings. The largest absolute Gasteiger partial charge is 0.459 e. The number of hydrogen-bond donors (Lipinski definition) is 0. The summed E-state index contributed by atoms with van der Waals surface area (Å²) in [7, 11) is 0. The molecule has 0 spiro atoms. The van der Waals surface area contributed by atoms with Gasteiger partial charge in [-0.3, -0.25) is 4.79 Å². The predicted molar refractivity (Wildman–Crippen MR) is 98.0 cm³/mol. The Hall–Kier alpha value is -0.780. The first kappa shape index (κ1) is 25.2. The number of ether oxygens (including phenoxy) is 2. The Kier molecular flexibility index (Phi) is 10.2. The molecular formula is C20H37F3O3. The molecule has 0 aromatic heterocycles. The van der Waals surface area contributed by atoms with E-state index in [0.717, 1.165) is 13.3 Å². The van der Waals surface area contributed by atoms with Crippen LogP contribution in [0.3, 0.4) is 0 Å². The molecule has 0 radical (unpaired) electrons. The Morgan fingerprint density at radius 2 is 1.54 bits per heavy atom. The van der Waals surface area contributed by atoms with Crippen molar-refractivity contribution in [2.75, 3.05) is 0 Å². The van der Waals surface area contributed by atoms with Crippen LogP contribution in [0, 0.1) is 5.41 Å². The smallest absolute Gasteiger partial charge is 0.404 e. The summed E-state index contributed by atoms with van der Waals surface area (Å²) in [6.07, 6.45) is 4.06. The first-order chi connectivity index (χ1) is 11.8. The van der Waals surface area contributed by atoms with Gasteiger partial charge in [-0.15, -0.1) is 0 Å². The minimum atomic E-state index is -4.58. The molecule has 1 fully saturated rings. The van der Waals surface area contributed by atoms with Gasteiger partial charge in [0.05, 0.1) is 12.2 Å². The van der Waals surface area contributed by atoms with Crippen molar-refractivity contribution in [1.82, 2.24) is 0 Å². The van der Waals surface area contributed by atoms with E-state index in [-0.39, 0.29) is 6.42 Å². The normalized spacial score (nSPS) is 19.8. The average molecular weight is 383 g/mol. The number of hydrogen-bond acceptors (Lipinski definition) is 3. The summed E-state index contributed by atoms with van der Waals surface area (Å²) in [5.74, 6) is -1.22. The molecule has 0 aliphatic heterocycles. The van der Waals surface area contributed by atoms with Gasteiger partial charge in [-0.05, 0) is 60.3 Å². The standard InChI is InChI=1S/C10H17F3O2.C10H20O/c1-6-9(5,10(11,12)13)7(14)15-8(2,3)4;1-3-9(2)11-10-7-5-4-6-8-10/h6H2,1-5H3;9-10H,3-8H2,1-2H3. The molecule has 0 saturated heterocycles. The number of alkyl halides is 3. The van der Waals surface area contributed by atoms with Crippen LogP contribution in [0.5, 0.6) is 0 Å². The van der Waals surface area contributed by atoms with E-state index in [4.69, 9.17) is 9.47 Å². The number of rotatable bonds is 5. The highest BCUT2D eigenvalue weighted by molar-refractivity contribution is 5.77. The van der Waals surface area contributed by atoms with Crippen LogP contribution in [0.2, 0.25) is 0 Å². The number of carbonyl (C=O) groups excluding carboxylic acids is 1. The molecule has 1 aliphatic carbocycles. The monoisotopic (exact) mass is 382 g/mol. The molecule has 156 valence electrons. The predicted octanol–water partition coefficient (Wildman–Crippen LogP) is 6.44. The summed E-state index contributed by atoms with van der Waals surface area (Å²) in [5.41, 5.74) is -3.32. The fraction of sp³-hybridized carbons (Fsp3) is 0.950. The molecule has 1 rings (SSSR count). The van der Waals surface area contributed by atoms with Gasteiger partial charge in [0.15, 0.2) is 5.41 Å². The lowest BCUT2D eigenvalue weighted by molar-refractivity contribution is -0.236. The van der Waals surface area contributed by atoms with Gasteiger partial charge in [0.1, 0.15) is 5.60 Å². The molecule has 0 amide bonds. The fourth-order valence-corrected chi connectivity index (χ4v) is 2.48. The molecule has 3 nitrogen and oxygen atoms in total. The van der Waals surface area contributed by atoms with Crippen LogP contribution in [0.1, 0.15) is 93.4 Å². The van der Waals surface area contributed by atoms with Crippen LogP contribution in [0.15, 0.2) is 0 Å². The summed E-state index contributed by atoms with van der Waals surface area (Å²) in [6.45, 7) is 11.2. The van der Waals surface area contributed by atoms with Crippen molar-refractivity contribution in [1.29, 1.82) is 0 Å². The molecule has 0 aromatic rings. The van der Waals surface area contributed by atoms with E-state index in [1.807, 2.05) is 0 Å². The van der Waals surface area contributed by atoms with E-state index in [1.165, 1.54) is 59.8 Å². The third kappa shape index (κ3) is 8.74. The quantitative estimate of drug-likeness (QED) is 0.513. The molecule has 0 bridgehead atoms. The Morgan fingerprint density at radius 1 is 1.04 bits per heavy atom. The highest BCUT2D eigenvalue weighted by atomic mass is 19.4. The van der Waals surface area contributed by atoms with E-state index < -0.39 is 23.2 Å². The Morgan fingerprint density at radius 3 is 1.88 bits per heavy atom. The highest BCUT2D eigenvalue weighted by Crippen LogP contribution is 2.42. The second-order valence-electron chi connectivity index (χ2n) is 8.30. The van der Waals surface area contributed by atoms with Gasteiger partial charge in [-0.1, -0.05) is 33.1 Å². The van der Waals surface area contributed by atoms with Crippen LogP contribution in [-0.4, -0.2) is 30.0 Å². The van der Waals surface area contributed by atoms with Crippen molar-refractivity contribution in [2.24, 2.45) is 5.41 Å². The van der Waals surface area contributed by atoms with Crippen LogP contribution >= 0.6 is 0 Å². The molecule has 2 unspecified atom stereocenters. The maximum absolute atomic E-state index is 12.6. The molecule has 0 aromatic carbocycles. The van der Waals surface area contributed by atoms with Crippen LogP contribution in [0.4, 0.5) is 13.2 Å². The molecular weight excluding hydrogens is 345 g/mol. The van der Waals surface area contributed by atoms with Crippen molar-refractivity contribution in [2.45, 2.75) is 117 Å². The molecule has 6 heteroatoms. The van der Waals surface area contributed by atoms with Gasteiger partial charge in [0.25, 0.3) is 0 Å². The van der Waals surface area contributed by atoms with E-state index in [0.29, 0.717) is 12.2 Å². The Bertz CT molecular complexity index is 410. The molecule has 2 atom stereocenters. The SMILES string of the molecule is CCC(C)(C(=O)OC(C)(C)C)C(F)(F)F.CCC(C)OC1CCCCC1. The average Bonchev–Trinajstić information content (AvgIpc) is 2.52. The first-order valence-electron chi connectivity index (χ1n) is 9.72. The lowest BCUT2D eigenvalue weighted by Gasteiger charge is -2.32. The zero-order chi connectivity index (χ0) is 20.6. The maximum Gasteiger partial charge on any atom is 0.404 e. The fourth-order valence-electron chi connectivity index (χ4n) is 2.48. The van der Waals surface area contributed by atoms with Crippen LogP contribution < -0.4 is 0 Å². The topological polar surface area (TPSA) is 35.5 Å². The number of carbonyl (C=O) groups is 1. The third-order valence-corrected chi connectivity index (χ3v) is 4.73. The first-order valence-corrected chi connectivity index (χ1v) is 9.72. The number of esters is 1. The third-order valence-electron chi connectivity index (χ3n) is 4.73. The van der Waals surface area contributed by atoms with Gasteiger partial charge < -0.3 is 9.47 Å². The summed E-state index contributed by atoms with van der Waals surface area (Å²) in [5, 5.41) is 0. The summed E-state index contributed by atoms with van der Waals surface area (Å²) in [6, 6.07) is 0. The minimum absolute atomic E-state index is 0.328. The highest BCUT2D eigenvalue weighted by Gasteiger charge is 2.57. The van der Waals surface area contributed by atoms with Crippen LogP contribution in [-0.2, 0) is 14.3 Å². The van der Waals surface area contributed by atoms with Gasteiger partial charge >= 0.3 is 12.1 Å². The van der Waals surface area contributed by atoms with Gasteiger partial charge in [0, 0.05) is 0 Å². The second-order valence-corrected chi connectivity index (χ2v) is 8.30. The zero-order valence-corrected chi connectivity index (χ0v) is 17.5.